The highest BCUT2D eigenvalue weighted by atomic mass is 16.5. The predicted octanol–water partition coefficient (Wildman–Crippen LogP) is 3.88. The van der Waals surface area contributed by atoms with Crippen LogP contribution in [0.15, 0.2) is 24.3 Å². The molecule has 2 bridgehead atoms. The Hall–Kier alpha value is -1.51. The molecule has 0 saturated heterocycles. The zero-order chi connectivity index (χ0) is 15.7. The van der Waals surface area contributed by atoms with E-state index < -0.39 is 6.10 Å². The van der Waals surface area contributed by atoms with Crippen LogP contribution in [0.4, 0.5) is 0 Å². The van der Waals surface area contributed by atoms with Gasteiger partial charge < -0.3 is 10.1 Å². The summed E-state index contributed by atoms with van der Waals surface area (Å²) in [5, 5.41) is 3.22. The van der Waals surface area contributed by atoms with Crippen LogP contribution in [-0.4, -0.2) is 18.1 Å². The lowest BCUT2D eigenvalue weighted by Gasteiger charge is -2.25. The first-order valence-corrected chi connectivity index (χ1v) is 8.60. The second-order valence-corrected chi connectivity index (χ2v) is 7.24. The minimum atomic E-state index is -0.445. The number of carbonyl (C=O) groups excluding carboxylic acids is 1. The molecule has 1 aromatic rings. The van der Waals surface area contributed by atoms with Gasteiger partial charge in [-0.25, -0.2) is 0 Å². The molecule has 0 radical (unpaired) electrons. The van der Waals surface area contributed by atoms with Gasteiger partial charge in [0, 0.05) is 6.04 Å². The van der Waals surface area contributed by atoms with Crippen LogP contribution in [-0.2, 0) is 4.79 Å². The lowest BCUT2D eigenvalue weighted by molar-refractivity contribution is -0.128. The van der Waals surface area contributed by atoms with E-state index in [4.69, 9.17) is 4.74 Å². The Bertz CT molecular complexity index is 540. The van der Waals surface area contributed by atoms with Gasteiger partial charge in [-0.3, -0.25) is 4.79 Å². The van der Waals surface area contributed by atoms with Gasteiger partial charge in [-0.05, 0) is 55.6 Å². The van der Waals surface area contributed by atoms with Crippen molar-refractivity contribution in [3.8, 4) is 5.75 Å². The molecule has 1 aromatic carbocycles. The van der Waals surface area contributed by atoms with E-state index in [1.54, 1.807) is 0 Å². The van der Waals surface area contributed by atoms with Gasteiger partial charge in [0.25, 0.3) is 5.91 Å². The summed E-state index contributed by atoms with van der Waals surface area (Å²) < 4.78 is 5.95. The number of hydrogen-bond donors (Lipinski definition) is 1. The molecule has 2 aliphatic rings. The molecule has 2 aliphatic carbocycles. The van der Waals surface area contributed by atoms with Gasteiger partial charge >= 0.3 is 0 Å². The average Bonchev–Trinajstić information content (AvgIpc) is 3.10. The van der Waals surface area contributed by atoms with E-state index in [1.807, 2.05) is 25.1 Å². The minimum absolute atomic E-state index is 0.0242. The van der Waals surface area contributed by atoms with E-state index in [-0.39, 0.29) is 5.91 Å². The molecule has 4 atom stereocenters. The Morgan fingerprint density at radius 3 is 2.59 bits per heavy atom. The van der Waals surface area contributed by atoms with E-state index in [2.05, 4.69) is 25.2 Å². The highest BCUT2D eigenvalue weighted by Crippen LogP contribution is 2.44. The van der Waals surface area contributed by atoms with E-state index >= 15 is 0 Å². The van der Waals surface area contributed by atoms with E-state index in [1.165, 1.54) is 19.3 Å². The monoisotopic (exact) mass is 301 g/mol. The third-order valence-electron chi connectivity index (χ3n) is 5.28. The Balaban J connectivity index is 1.60. The number of para-hydroxylation sites is 1. The summed E-state index contributed by atoms with van der Waals surface area (Å²) in [6, 6.07) is 8.37. The maximum absolute atomic E-state index is 12.4. The quantitative estimate of drug-likeness (QED) is 0.896. The highest BCUT2D eigenvalue weighted by molar-refractivity contribution is 5.81. The maximum atomic E-state index is 12.4. The Labute approximate surface area is 133 Å². The smallest absolute Gasteiger partial charge is 0.261 e. The van der Waals surface area contributed by atoms with Crippen molar-refractivity contribution < 1.29 is 9.53 Å². The third kappa shape index (κ3) is 3.13. The lowest BCUT2D eigenvalue weighted by Crippen LogP contribution is -2.44. The lowest BCUT2D eigenvalue weighted by atomic mass is 9.95. The van der Waals surface area contributed by atoms with Crippen molar-refractivity contribution in [1.29, 1.82) is 0 Å². The molecule has 22 heavy (non-hydrogen) atoms. The number of ether oxygens (including phenoxy) is 1. The summed E-state index contributed by atoms with van der Waals surface area (Å²) in [6.45, 7) is 6.13. The highest BCUT2D eigenvalue weighted by Gasteiger charge is 2.40. The van der Waals surface area contributed by atoms with Crippen LogP contribution in [0.5, 0.6) is 5.75 Å². The average molecular weight is 301 g/mol. The summed E-state index contributed by atoms with van der Waals surface area (Å²) >= 11 is 0. The van der Waals surface area contributed by atoms with Crippen LogP contribution in [0.2, 0.25) is 0 Å². The Morgan fingerprint density at radius 2 is 1.95 bits per heavy atom. The molecular weight excluding hydrogens is 274 g/mol. The van der Waals surface area contributed by atoms with E-state index in [9.17, 15) is 4.79 Å². The fourth-order valence-corrected chi connectivity index (χ4v) is 4.03. The number of amides is 1. The molecule has 0 aromatic heterocycles. The first kappa shape index (κ1) is 15.4. The number of rotatable bonds is 5. The van der Waals surface area contributed by atoms with Crippen molar-refractivity contribution in [2.24, 2.45) is 11.8 Å². The molecular formula is C19H27NO2. The van der Waals surface area contributed by atoms with Gasteiger partial charge in [-0.1, -0.05) is 38.5 Å². The van der Waals surface area contributed by atoms with Gasteiger partial charge in [-0.2, -0.15) is 0 Å². The van der Waals surface area contributed by atoms with Crippen LogP contribution in [0, 0.1) is 11.8 Å². The van der Waals surface area contributed by atoms with Crippen molar-refractivity contribution >= 4 is 5.91 Å². The molecule has 3 heteroatoms. The Kier molecular flexibility index (Phi) is 4.42. The van der Waals surface area contributed by atoms with Gasteiger partial charge in [0.05, 0.1) is 0 Å². The molecule has 3 rings (SSSR count). The Morgan fingerprint density at radius 1 is 1.18 bits per heavy atom. The van der Waals surface area contributed by atoms with Crippen LogP contribution in [0.1, 0.15) is 57.9 Å². The first-order valence-electron chi connectivity index (χ1n) is 8.60. The largest absolute Gasteiger partial charge is 0.481 e. The topological polar surface area (TPSA) is 38.3 Å². The van der Waals surface area contributed by atoms with Crippen LogP contribution in [0.25, 0.3) is 0 Å². The fraction of sp³-hybridized carbons (Fsp3) is 0.632. The minimum Gasteiger partial charge on any atom is -0.481 e. The summed E-state index contributed by atoms with van der Waals surface area (Å²) in [5.74, 6) is 2.78. The maximum Gasteiger partial charge on any atom is 0.261 e. The molecule has 120 valence electrons. The summed E-state index contributed by atoms with van der Waals surface area (Å²) in [7, 11) is 0. The summed E-state index contributed by atoms with van der Waals surface area (Å²) in [5.41, 5.74) is 1.15. The second kappa shape index (κ2) is 6.31. The van der Waals surface area contributed by atoms with Crippen molar-refractivity contribution in [3.05, 3.63) is 29.8 Å². The number of nitrogens with one attached hydrogen (secondary N) is 1. The first-order chi connectivity index (χ1) is 10.5. The fourth-order valence-electron chi connectivity index (χ4n) is 4.03. The molecule has 0 aliphatic heterocycles. The number of fused-ring (bicyclic) bond motifs is 2. The SMILES string of the molecule is CC(Oc1ccccc1C(C)C)C(=O)NC1CC2CCC1C2. The number of hydrogen-bond acceptors (Lipinski definition) is 2. The predicted molar refractivity (Wildman–Crippen MR) is 88.0 cm³/mol. The van der Waals surface area contributed by atoms with Crippen molar-refractivity contribution in [2.75, 3.05) is 0 Å². The van der Waals surface area contributed by atoms with Crippen LogP contribution in [0.3, 0.4) is 0 Å². The molecule has 4 unspecified atom stereocenters. The van der Waals surface area contributed by atoms with Crippen molar-refractivity contribution in [2.45, 2.75) is 64.5 Å². The summed E-state index contributed by atoms with van der Waals surface area (Å²) in [6.07, 6.45) is 4.65. The van der Waals surface area contributed by atoms with Crippen LogP contribution >= 0.6 is 0 Å². The van der Waals surface area contributed by atoms with E-state index in [0.717, 1.165) is 23.7 Å². The van der Waals surface area contributed by atoms with Crippen molar-refractivity contribution in [1.82, 2.24) is 5.32 Å². The molecule has 0 spiro atoms. The van der Waals surface area contributed by atoms with Crippen LogP contribution < -0.4 is 10.1 Å². The zero-order valence-electron chi connectivity index (χ0n) is 13.8. The summed E-state index contributed by atoms with van der Waals surface area (Å²) in [4.78, 5) is 12.4. The second-order valence-electron chi connectivity index (χ2n) is 7.24. The van der Waals surface area contributed by atoms with Gasteiger partial charge in [-0.15, -0.1) is 0 Å². The molecule has 2 saturated carbocycles. The van der Waals surface area contributed by atoms with Gasteiger partial charge in [0.2, 0.25) is 0 Å². The zero-order valence-corrected chi connectivity index (χ0v) is 13.8. The molecule has 2 fully saturated rings. The molecule has 3 nitrogen and oxygen atoms in total. The molecule has 1 N–H and O–H groups in total. The van der Waals surface area contributed by atoms with Crippen molar-refractivity contribution in [3.63, 3.8) is 0 Å². The standard InChI is InChI=1S/C19H27NO2/c1-12(2)16-6-4-5-7-18(16)22-13(3)19(21)20-17-11-14-8-9-15(17)10-14/h4-7,12-15,17H,8-11H2,1-3H3,(H,20,21). The van der Waals surface area contributed by atoms with Gasteiger partial charge in [0.1, 0.15) is 5.75 Å². The van der Waals surface area contributed by atoms with Gasteiger partial charge in [0.15, 0.2) is 6.10 Å². The third-order valence-corrected chi connectivity index (χ3v) is 5.28. The normalized spacial score (nSPS) is 27.9. The van der Waals surface area contributed by atoms with E-state index in [0.29, 0.717) is 17.9 Å². The number of benzene rings is 1. The number of carbonyl (C=O) groups is 1. The molecule has 1 amide bonds. The molecule has 0 heterocycles.